The van der Waals surface area contributed by atoms with Crippen molar-refractivity contribution in [2.45, 2.75) is 6.54 Å². The third kappa shape index (κ3) is 8.42. The molecule has 3 N–H and O–H groups in total. The van der Waals surface area contributed by atoms with E-state index in [2.05, 4.69) is 10.3 Å². The topological polar surface area (TPSA) is 142 Å². The highest BCUT2D eigenvalue weighted by Gasteiger charge is 2.12. The molecular formula is C22H22FN3O7. The molecule has 0 unspecified atom stereocenters. The lowest BCUT2D eigenvalue weighted by Crippen LogP contribution is -2.29. The third-order valence-corrected chi connectivity index (χ3v) is 4.04. The fourth-order valence-electron chi connectivity index (χ4n) is 2.56. The maximum atomic E-state index is 13.0. The first-order valence-corrected chi connectivity index (χ1v) is 9.47. The Labute approximate surface area is 188 Å². The van der Waals surface area contributed by atoms with E-state index in [4.69, 9.17) is 29.0 Å². The van der Waals surface area contributed by atoms with Gasteiger partial charge in [0.1, 0.15) is 11.6 Å². The number of likely N-dealkylation sites (N-methyl/N-ethyl adjacent to an activating group) is 1. The summed E-state index contributed by atoms with van der Waals surface area (Å²) in [6.07, 6.45) is 1.59. The van der Waals surface area contributed by atoms with Gasteiger partial charge in [-0.1, -0.05) is 6.07 Å². The summed E-state index contributed by atoms with van der Waals surface area (Å²) in [6.45, 7) is 0.540. The van der Waals surface area contributed by atoms with E-state index in [1.54, 1.807) is 49.5 Å². The predicted octanol–water partition coefficient (Wildman–Crippen LogP) is 2.72. The molecule has 0 spiro atoms. The second-order valence-electron chi connectivity index (χ2n) is 6.69. The standard InChI is InChI=1S/C20H20FN3O3.C2H2O4/c1-24(12-19(25)23-16-4-3-5-17(10-16)26-2)13-20-22-11-18(27-20)14-6-8-15(21)9-7-14;3-1(4)2(5)6/h3-11H,12-13H2,1-2H3,(H,23,25);(H,3,4)(H,5,6). The van der Waals surface area contributed by atoms with Crippen molar-refractivity contribution in [2.75, 3.05) is 26.0 Å². The van der Waals surface area contributed by atoms with Gasteiger partial charge in [-0.05, 0) is 43.4 Å². The molecule has 0 radical (unpaired) electrons. The fraction of sp³-hybridized carbons (Fsp3) is 0.182. The Morgan fingerprint density at radius 1 is 1.12 bits per heavy atom. The molecule has 33 heavy (non-hydrogen) atoms. The molecular weight excluding hydrogens is 437 g/mol. The number of anilines is 1. The second kappa shape index (κ2) is 12.0. The first-order valence-electron chi connectivity index (χ1n) is 9.47. The fourth-order valence-corrected chi connectivity index (χ4v) is 2.56. The van der Waals surface area contributed by atoms with Crippen LogP contribution in [0.3, 0.4) is 0 Å². The Bertz CT molecular complexity index is 1090. The number of aromatic nitrogens is 1. The normalized spacial score (nSPS) is 10.2. The predicted molar refractivity (Wildman–Crippen MR) is 115 cm³/mol. The van der Waals surface area contributed by atoms with Crippen LogP contribution in [0.1, 0.15) is 5.89 Å². The molecule has 1 amide bonds. The number of carboxylic acid groups (broad SMARTS) is 2. The summed E-state index contributed by atoms with van der Waals surface area (Å²) in [5.74, 6) is -2.40. The minimum absolute atomic E-state index is 0.156. The number of nitrogens with one attached hydrogen (secondary N) is 1. The van der Waals surface area contributed by atoms with Crippen molar-refractivity contribution in [2.24, 2.45) is 0 Å². The van der Waals surface area contributed by atoms with Crippen molar-refractivity contribution in [3.05, 3.63) is 66.4 Å². The van der Waals surface area contributed by atoms with Crippen LogP contribution < -0.4 is 10.1 Å². The van der Waals surface area contributed by atoms with Gasteiger partial charge in [0.15, 0.2) is 5.76 Å². The molecule has 0 aliphatic carbocycles. The van der Waals surface area contributed by atoms with Gasteiger partial charge in [0.2, 0.25) is 11.8 Å². The number of methoxy groups -OCH3 is 1. The van der Waals surface area contributed by atoms with Gasteiger partial charge < -0.3 is 24.7 Å². The minimum Gasteiger partial charge on any atom is -0.497 e. The minimum atomic E-state index is -1.82. The first kappa shape index (κ1) is 25.0. The molecule has 0 saturated heterocycles. The summed E-state index contributed by atoms with van der Waals surface area (Å²) >= 11 is 0. The van der Waals surface area contributed by atoms with Crippen molar-refractivity contribution >= 4 is 23.5 Å². The maximum absolute atomic E-state index is 13.0. The summed E-state index contributed by atoms with van der Waals surface area (Å²) in [4.78, 5) is 36.4. The van der Waals surface area contributed by atoms with Crippen LogP contribution in [-0.2, 0) is 20.9 Å². The highest BCUT2D eigenvalue weighted by Crippen LogP contribution is 2.21. The van der Waals surface area contributed by atoms with Gasteiger partial charge in [-0.3, -0.25) is 9.69 Å². The van der Waals surface area contributed by atoms with E-state index in [0.29, 0.717) is 29.6 Å². The van der Waals surface area contributed by atoms with Crippen LogP contribution in [0, 0.1) is 5.82 Å². The van der Waals surface area contributed by atoms with Gasteiger partial charge in [-0.25, -0.2) is 19.0 Å². The monoisotopic (exact) mass is 459 g/mol. The van der Waals surface area contributed by atoms with Crippen LogP contribution >= 0.6 is 0 Å². The Morgan fingerprint density at radius 3 is 2.39 bits per heavy atom. The van der Waals surface area contributed by atoms with Crippen LogP contribution in [0.2, 0.25) is 0 Å². The number of halogens is 1. The number of hydrogen-bond acceptors (Lipinski definition) is 7. The van der Waals surface area contributed by atoms with Crippen LogP contribution in [0.15, 0.2) is 59.1 Å². The second-order valence-corrected chi connectivity index (χ2v) is 6.69. The highest BCUT2D eigenvalue weighted by atomic mass is 19.1. The SMILES string of the molecule is COc1cccc(NC(=O)CN(C)Cc2ncc(-c3ccc(F)cc3)o2)c1.O=C(O)C(=O)O. The average molecular weight is 459 g/mol. The Balaban J connectivity index is 0.000000569. The lowest BCUT2D eigenvalue weighted by molar-refractivity contribution is -0.159. The van der Waals surface area contributed by atoms with E-state index in [0.717, 1.165) is 5.56 Å². The van der Waals surface area contributed by atoms with Crippen LogP contribution in [0.4, 0.5) is 10.1 Å². The molecule has 0 aliphatic rings. The van der Waals surface area contributed by atoms with E-state index < -0.39 is 11.9 Å². The number of benzene rings is 2. The van der Waals surface area contributed by atoms with Crippen LogP contribution in [-0.4, -0.2) is 58.6 Å². The zero-order chi connectivity index (χ0) is 24.4. The van der Waals surface area contributed by atoms with E-state index in [-0.39, 0.29) is 18.3 Å². The number of amides is 1. The third-order valence-electron chi connectivity index (χ3n) is 4.04. The molecule has 0 aliphatic heterocycles. The largest absolute Gasteiger partial charge is 0.497 e. The summed E-state index contributed by atoms with van der Waals surface area (Å²) in [5.41, 5.74) is 1.41. The molecule has 0 fully saturated rings. The first-order chi connectivity index (χ1) is 15.7. The smallest absolute Gasteiger partial charge is 0.414 e. The van der Waals surface area contributed by atoms with E-state index in [1.165, 1.54) is 12.1 Å². The maximum Gasteiger partial charge on any atom is 0.414 e. The molecule has 174 valence electrons. The van der Waals surface area contributed by atoms with Gasteiger partial charge >= 0.3 is 11.9 Å². The van der Waals surface area contributed by atoms with Crippen molar-refractivity contribution in [1.29, 1.82) is 0 Å². The number of aliphatic carboxylic acids is 2. The summed E-state index contributed by atoms with van der Waals surface area (Å²) in [7, 11) is 3.37. The zero-order valence-electron chi connectivity index (χ0n) is 17.8. The van der Waals surface area contributed by atoms with Crippen LogP contribution in [0.5, 0.6) is 5.75 Å². The molecule has 3 aromatic rings. The number of hydrogen-bond donors (Lipinski definition) is 3. The number of carboxylic acids is 2. The Hall–Kier alpha value is -4.25. The summed E-state index contributed by atoms with van der Waals surface area (Å²) in [6, 6.07) is 13.2. The molecule has 2 aromatic carbocycles. The molecule has 1 aromatic heterocycles. The van der Waals surface area contributed by atoms with Gasteiger partial charge in [-0.15, -0.1) is 0 Å². The van der Waals surface area contributed by atoms with Crippen molar-refractivity contribution in [3.8, 4) is 17.1 Å². The highest BCUT2D eigenvalue weighted by molar-refractivity contribution is 6.27. The Kier molecular flexibility index (Phi) is 9.06. The van der Waals surface area contributed by atoms with Gasteiger partial charge in [0.05, 0.1) is 26.4 Å². The van der Waals surface area contributed by atoms with Crippen molar-refractivity contribution in [3.63, 3.8) is 0 Å². The number of carbonyl (C=O) groups excluding carboxylic acids is 1. The van der Waals surface area contributed by atoms with Crippen molar-refractivity contribution < 1.29 is 38.1 Å². The van der Waals surface area contributed by atoms with Gasteiger partial charge in [-0.2, -0.15) is 0 Å². The van der Waals surface area contributed by atoms with E-state index in [9.17, 15) is 9.18 Å². The number of rotatable bonds is 7. The summed E-state index contributed by atoms with van der Waals surface area (Å²) in [5, 5.41) is 17.6. The molecule has 0 bridgehead atoms. The molecule has 11 heteroatoms. The lowest BCUT2D eigenvalue weighted by Gasteiger charge is -2.14. The Morgan fingerprint density at radius 2 is 1.79 bits per heavy atom. The number of oxazole rings is 1. The molecule has 0 atom stereocenters. The van der Waals surface area contributed by atoms with Crippen molar-refractivity contribution in [1.82, 2.24) is 9.88 Å². The van der Waals surface area contributed by atoms with E-state index >= 15 is 0 Å². The molecule has 3 rings (SSSR count). The van der Waals surface area contributed by atoms with Crippen LogP contribution in [0.25, 0.3) is 11.3 Å². The zero-order valence-corrected chi connectivity index (χ0v) is 17.8. The number of nitrogens with zero attached hydrogens (tertiary/aromatic N) is 2. The molecule has 10 nitrogen and oxygen atoms in total. The molecule has 1 heterocycles. The van der Waals surface area contributed by atoms with E-state index in [1.807, 2.05) is 12.1 Å². The van der Waals surface area contributed by atoms with Gasteiger partial charge in [0, 0.05) is 17.3 Å². The number of carbonyl (C=O) groups is 3. The lowest BCUT2D eigenvalue weighted by atomic mass is 10.2. The molecule has 0 saturated carbocycles. The van der Waals surface area contributed by atoms with Gasteiger partial charge in [0.25, 0.3) is 0 Å². The average Bonchev–Trinajstić information content (AvgIpc) is 3.22. The quantitative estimate of drug-likeness (QED) is 0.455. The number of ether oxygens (including phenoxy) is 1. The summed E-state index contributed by atoms with van der Waals surface area (Å²) < 4.78 is 23.8.